The molecule has 0 saturated heterocycles. The number of nitrogens with zero attached hydrogens (tertiary/aromatic N) is 2. The number of benzene rings is 1. The standard InChI is InChI=1S/C21H32N4O3S/c1-6-17(7-2)19-12-18(28-25-19)14-24-21(22-8-3)23-13-16-9-10-20(15(4)11-16)29(5,26)27/h9-12,17H,6-8,13-14H2,1-5H3,(H2,22,23,24). The first-order valence-electron chi connectivity index (χ1n) is 10.1. The Kier molecular flexibility index (Phi) is 8.25. The number of aryl methyl sites for hydroxylation is 1. The van der Waals surface area contributed by atoms with E-state index in [2.05, 4.69) is 34.6 Å². The van der Waals surface area contributed by atoms with E-state index in [9.17, 15) is 8.42 Å². The molecule has 0 aliphatic heterocycles. The first-order valence-corrected chi connectivity index (χ1v) is 11.9. The van der Waals surface area contributed by atoms with Crippen LogP contribution in [0.15, 0.2) is 38.7 Å². The molecule has 0 radical (unpaired) electrons. The fourth-order valence-electron chi connectivity index (χ4n) is 3.22. The monoisotopic (exact) mass is 420 g/mol. The van der Waals surface area contributed by atoms with Crippen LogP contribution in [0, 0.1) is 6.92 Å². The topological polar surface area (TPSA) is 96.6 Å². The predicted molar refractivity (Wildman–Crippen MR) is 116 cm³/mol. The molecule has 2 rings (SSSR count). The number of aliphatic imine (C=N–C) groups is 1. The summed E-state index contributed by atoms with van der Waals surface area (Å²) in [4.78, 5) is 4.94. The second kappa shape index (κ2) is 10.4. The summed E-state index contributed by atoms with van der Waals surface area (Å²) in [6, 6.07) is 7.31. The molecule has 8 heteroatoms. The van der Waals surface area contributed by atoms with Crippen molar-refractivity contribution in [2.75, 3.05) is 12.8 Å². The zero-order chi connectivity index (χ0) is 21.4. The summed E-state index contributed by atoms with van der Waals surface area (Å²) >= 11 is 0. The van der Waals surface area contributed by atoms with Gasteiger partial charge in [-0.15, -0.1) is 0 Å². The van der Waals surface area contributed by atoms with E-state index >= 15 is 0 Å². The number of nitrogens with one attached hydrogen (secondary N) is 2. The van der Waals surface area contributed by atoms with Crippen molar-refractivity contribution < 1.29 is 12.9 Å². The smallest absolute Gasteiger partial charge is 0.191 e. The maximum absolute atomic E-state index is 11.8. The summed E-state index contributed by atoms with van der Waals surface area (Å²) in [6.45, 7) is 9.77. The Morgan fingerprint density at radius 2 is 1.90 bits per heavy atom. The SMILES string of the molecule is CCNC(=NCc1ccc(S(C)(=O)=O)c(C)c1)NCc1cc(C(CC)CC)no1. The summed E-state index contributed by atoms with van der Waals surface area (Å²) in [5.74, 6) is 1.86. The van der Waals surface area contributed by atoms with E-state index in [1.54, 1.807) is 19.1 Å². The molecule has 0 aliphatic carbocycles. The number of sulfone groups is 1. The Morgan fingerprint density at radius 3 is 2.48 bits per heavy atom. The van der Waals surface area contributed by atoms with Crippen LogP contribution in [0.5, 0.6) is 0 Å². The van der Waals surface area contributed by atoms with Crippen molar-refractivity contribution in [3.8, 4) is 0 Å². The van der Waals surface area contributed by atoms with Crippen LogP contribution in [0.3, 0.4) is 0 Å². The fourth-order valence-corrected chi connectivity index (χ4v) is 4.18. The Labute approximate surface area is 173 Å². The summed E-state index contributed by atoms with van der Waals surface area (Å²) in [6.07, 6.45) is 3.30. The van der Waals surface area contributed by atoms with Gasteiger partial charge in [0.05, 0.1) is 23.7 Å². The van der Waals surface area contributed by atoms with E-state index in [1.165, 1.54) is 6.26 Å². The third-order valence-corrected chi connectivity index (χ3v) is 6.07. The molecule has 1 aromatic carbocycles. The summed E-state index contributed by atoms with van der Waals surface area (Å²) in [5, 5.41) is 10.7. The number of guanidine groups is 1. The molecule has 0 atom stereocenters. The minimum Gasteiger partial charge on any atom is -0.359 e. The van der Waals surface area contributed by atoms with Crippen LogP contribution in [0.2, 0.25) is 0 Å². The molecule has 0 fully saturated rings. The highest BCUT2D eigenvalue weighted by atomic mass is 32.2. The van der Waals surface area contributed by atoms with Gasteiger partial charge >= 0.3 is 0 Å². The molecule has 0 aliphatic rings. The van der Waals surface area contributed by atoms with Gasteiger partial charge in [0.2, 0.25) is 0 Å². The van der Waals surface area contributed by atoms with Crippen LogP contribution in [-0.2, 0) is 22.9 Å². The second-order valence-electron chi connectivity index (χ2n) is 7.15. The minimum absolute atomic E-state index is 0.355. The van der Waals surface area contributed by atoms with Crippen molar-refractivity contribution in [2.45, 2.75) is 64.4 Å². The highest BCUT2D eigenvalue weighted by Crippen LogP contribution is 2.22. The van der Waals surface area contributed by atoms with Crippen LogP contribution in [0.4, 0.5) is 0 Å². The number of hydrogen-bond donors (Lipinski definition) is 2. The van der Waals surface area contributed by atoms with Crippen molar-refractivity contribution in [3.63, 3.8) is 0 Å². The average Bonchev–Trinajstić information content (AvgIpc) is 3.13. The maximum Gasteiger partial charge on any atom is 0.191 e. The van der Waals surface area contributed by atoms with E-state index < -0.39 is 9.84 Å². The Morgan fingerprint density at radius 1 is 1.17 bits per heavy atom. The molecule has 2 aromatic rings. The van der Waals surface area contributed by atoms with E-state index in [0.717, 1.165) is 42.0 Å². The van der Waals surface area contributed by atoms with Gasteiger partial charge in [-0.3, -0.25) is 0 Å². The molecule has 0 saturated carbocycles. The summed E-state index contributed by atoms with van der Waals surface area (Å²) in [5.41, 5.74) is 2.67. The highest BCUT2D eigenvalue weighted by molar-refractivity contribution is 7.90. The number of aromatic nitrogens is 1. The molecule has 1 heterocycles. The molecular formula is C21H32N4O3S. The Balaban J connectivity index is 2.04. The van der Waals surface area contributed by atoms with Gasteiger partial charge in [-0.25, -0.2) is 13.4 Å². The van der Waals surface area contributed by atoms with E-state index in [-0.39, 0.29) is 0 Å². The van der Waals surface area contributed by atoms with E-state index in [0.29, 0.717) is 29.9 Å². The lowest BCUT2D eigenvalue weighted by molar-refractivity contribution is 0.368. The first kappa shape index (κ1) is 22.9. The highest BCUT2D eigenvalue weighted by Gasteiger charge is 2.13. The lowest BCUT2D eigenvalue weighted by Gasteiger charge is -2.10. The van der Waals surface area contributed by atoms with Gasteiger partial charge in [0.15, 0.2) is 21.6 Å². The lowest BCUT2D eigenvalue weighted by atomic mass is 9.99. The van der Waals surface area contributed by atoms with Crippen LogP contribution >= 0.6 is 0 Å². The van der Waals surface area contributed by atoms with Crippen LogP contribution < -0.4 is 10.6 Å². The minimum atomic E-state index is -3.21. The van der Waals surface area contributed by atoms with Gasteiger partial charge in [-0.2, -0.15) is 0 Å². The molecule has 7 nitrogen and oxygen atoms in total. The van der Waals surface area contributed by atoms with Crippen LogP contribution in [-0.4, -0.2) is 32.3 Å². The molecular weight excluding hydrogens is 388 g/mol. The number of rotatable bonds is 9. The molecule has 0 amide bonds. The Hall–Kier alpha value is -2.35. The molecule has 0 spiro atoms. The van der Waals surface area contributed by atoms with Crippen molar-refractivity contribution in [3.05, 3.63) is 46.8 Å². The number of hydrogen-bond acceptors (Lipinski definition) is 5. The van der Waals surface area contributed by atoms with Crippen LogP contribution in [0.1, 0.15) is 62.1 Å². The quantitative estimate of drug-likeness (QED) is 0.476. The normalized spacial score (nSPS) is 12.4. The largest absolute Gasteiger partial charge is 0.359 e. The van der Waals surface area contributed by atoms with E-state index in [1.807, 2.05) is 19.1 Å². The molecule has 160 valence electrons. The predicted octanol–water partition coefficient (Wildman–Crippen LogP) is 3.55. The van der Waals surface area contributed by atoms with Gasteiger partial charge in [-0.1, -0.05) is 31.1 Å². The molecule has 0 bridgehead atoms. The van der Waals surface area contributed by atoms with Gasteiger partial charge in [0.1, 0.15) is 0 Å². The first-order chi connectivity index (χ1) is 13.8. The van der Waals surface area contributed by atoms with Gasteiger partial charge in [0.25, 0.3) is 0 Å². The van der Waals surface area contributed by atoms with Gasteiger partial charge in [-0.05, 0) is 43.9 Å². The third kappa shape index (κ3) is 6.59. The summed E-state index contributed by atoms with van der Waals surface area (Å²) < 4.78 is 29.0. The van der Waals surface area contributed by atoms with Crippen molar-refractivity contribution in [1.82, 2.24) is 15.8 Å². The van der Waals surface area contributed by atoms with Crippen molar-refractivity contribution in [2.24, 2.45) is 4.99 Å². The molecule has 29 heavy (non-hydrogen) atoms. The molecule has 1 aromatic heterocycles. The molecule has 0 unspecified atom stereocenters. The second-order valence-corrected chi connectivity index (χ2v) is 9.14. The zero-order valence-electron chi connectivity index (χ0n) is 17.9. The Bertz CT molecular complexity index is 931. The lowest BCUT2D eigenvalue weighted by Crippen LogP contribution is -2.36. The average molecular weight is 421 g/mol. The zero-order valence-corrected chi connectivity index (χ0v) is 18.8. The fraction of sp³-hybridized carbons (Fsp3) is 0.524. The van der Waals surface area contributed by atoms with E-state index in [4.69, 9.17) is 4.52 Å². The van der Waals surface area contributed by atoms with Gasteiger partial charge < -0.3 is 15.2 Å². The van der Waals surface area contributed by atoms with Gasteiger partial charge in [0, 0.05) is 24.8 Å². The maximum atomic E-state index is 11.8. The summed E-state index contributed by atoms with van der Waals surface area (Å²) in [7, 11) is -3.21. The van der Waals surface area contributed by atoms with Crippen LogP contribution in [0.25, 0.3) is 0 Å². The van der Waals surface area contributed by atoms with Crippen molar-refractivity contribution in [1.29, 1.82) is 0 Å². The van der Waals surface area contributed by atoms with Crippen molar-refractivity contribution >= 4 is 15.8 Å². The molecule has 2 N–H and O–H groups in total. The third-order valence-electron chi connectivity index (χ3n) is 4.81.